The Hall–Kier alpha value is -4.01. The number of aliphatic hydroxyl groups excluding tert-OH is 1. The fourth-order valence-corrected chi connectivity index (χ4v) is 10.5. The number of hydrogen-bond acceptors (Lipinski definition) is 8. The molecule has 3 aliphatic heterocycles. The van der Waals surface area contributed by atoms with Gasteiger partial charge in [-0.2, -0.15) is 0 Å². The number of non-ortho nitro benzene ring substituents is 1. The maximum atomic E-state index is 16.3. The number of ether oxygens (including phenoxy) is 1. The predicted molar refractivity (Wildman–Crippen MR) is 180 cm³/mol. The molecule has 1 aromatic heterocycles. The molecule has 12 nitrogen and oxygen atoms in total. The Bertz CT molecular complexity index is 1700. The summed E-state index contributed by atoms with van der Waals surface area (Å²) >= 11 is 0. The van der Waals surface area contributed by atoms with Gasteiger partial charge in [-0.1, -0.05) is 37.1 Å². The Morgan fingerprint density at radius 2 is 1.94 bits per heavy atom. The third-order valence-electron chi connectivity index (χ3n) is 10.1. The van der Waals surface area contributed by atoms with Crippen molar-refractivity contribution in [1.82, 2.24) is 15.0 Å². The van der Waals surface area contributed by atoms with Gasteiger partial charge in [0, 0.05) is 73.6 Å². The molecule has 0 unspecified atom stereocenters. The van der Waals surface area contributed by atoms with Gasteiger partial charge in [-0.05, 0) is 56.1 Å². The number of aryl methyl sites for hydroxylation is 1. The minimum Gasteiger partial charge on any atom is -0.396 e. The first-order chi connectivity index (χ1) is 22.9. The van der Waals surface area contributed by atoms with Crippen molar-refractivity contribution in [2.45, 2.75) is 95.3 Å². The van der Waals surface area contributed by atoms with Crippen LogP contribution in [0.3, 0.4) is 0 Å². The summed E-state index contributed by atoms with van der Waals surface area (Å²) in [5, 5.41) is 29.4. The largest absolute Gasteiger partial charge is 0.396 e. The number of nitro groups is 1. The van der Waals surface area contributed by atoms with E-state index in [1.807, 2.05) is 36.1 Å². The molecule has 6 rings (SSSR count). The van der Waals surface area contributed by atoms with Gasteiger partial charge in [0.2, 0.25) is 14.3 Å². The number of carbonyl (C=O) groups is 2. The first-order valence-corrected chi connectivity index (χ1v) is 19.8. The SMILES string of the molecule is C[C@H]1[C@H]([Si](C)(C)F)[C@@H](CCn2cc(CCO)nn2)O[C@]12C(=O)N(Cc1cccc(N3CCCCCCC3=O)c1)c1ccc([N+](=O)[O-])cc12. The number of aliphatic hydroxyl groups is 1. The van der Waals surface area contributed by atoms with Crippen molar-refractivity contribution in [3.05, 3.63) is 75.6 Å². The summed E-state index contributed by atoms with van der Waals surface area (Å²) in [6, 6.07) is 12.0. The molecule has 3 aromatic rings. The van der Waals surface area contributed by atoms with Crippen molar-refractivity contribution >= 4 is 37.3 Å². The van der Waals surface area contributed by atoms with Gasteiger partial charge in [-0.3, -0.25) is 24.4 Å². The van der Waals surface area contributed by atoms with E-state index in [-0.39, 0.29) is 30.7 Å². The van der Waals surface area contributed by atoms with Crippen molar-refractivity contribution in [1.29, 1.82) is 0 Å². The number of carbonyl (C=O) groups excluding carboxylic acids is 2. The summed E-state index contributed by atoms with van der Waals surface area (Å²) in [5.41, 5.74) is 0.690. The molecular weight excluding hydrogens is 635 g/mol. The number of nitrogens with zero attached hydrogens (tertiary/aromatic N) is 6. The van der Waals surface area contributed by atoms with E-state index in [0.717, 1.165) is 36.9 Å². The monoisotopic (exact) mass is 678 g/mol. The summed E-state index contributed by atoms with van der Waals surface area (Å²) in [6.45, 7) is 6.13. The van der Waals surface area contributed by atoms with Crippen molar-refractivity contribution in [2.24, 2.45) is 5.92 Å². The van der Waals surface area contributed by atoms with Crippen molar-refractivity contribution in [3.63, 3.8) is 0 Å². The molecule has 0 bridgehead atoms. The van der Waals surface area contributed by atoms with Crippen LogP contribution in [0.5, 0.6) is 0 Å². The van der Waals surface area contributed by atoms with Gasteiger partial charge >= 0.3 is 0 Å². The summed E-state index contributed by atoms with van der Waals surface area (Å²) in [4.78, 5) is 42.6. The highest BCUT2D eigenvalue weighted by Gasteiger charge is 2.66. The average Bonchev–Trinajstić information content (AvgIpc) is 3.68. The molecule has 14 heteroatoms. The maximum Gasteiger partial charge on any atom is 0.269 e. The van der Waals surface area contributed by atoms with Gasteiger partial charge in [0.15, 0.2) is 5.60 Å². The Morgan fingerprint density at radius 3 is 2.69 bits per heavy atom. The van der Waals surface area contributed by atoms with E-state index in [4.69, 9.17) is 4.74 Å². The van der Waals surface area contributed by atoms with E-state index in [1.54, 1.807) is 34.9 Å². The Morgan fingerprint density at radius 1 is 1.15 bits per heavy atom. The van der Waals surface area contributed by atoms with Gasteiger partial charge < -0.3 is 23.8 Å². The van der Waals surface area contributed by atoms with Gasteiger partial charge in [0.1, 0.15) is 0 Å². The van der Waals surface area contributed by atoms with Crippen LogP contribution in [0.1, 0.15) is 62.3 Å². The standard InChI is InChI=1S/C34H43FN6O6Si/c1-23-32(48(2,3)35)30(14-17-38-22-25(15-18-42)36-37-38)47-34(23)28-20-27(41(45)46)12-13-29(28)40(33(34)44)21-24-9-8-10-26(19-24)39-16-7-5-4-6-11-31(39)43/h8-10,12-13,19-20,22-23,30,32,42H,4-7,11,14-18,21H2,1-3H3/t23-,30+,32-,34+/m0/s1. The zero-order chi connectivity index (χ0) is 34.2. The van der Waals surface area contributed by atoms with E-state index in [2.05, 4.69) is 10.3 Å². The van der Waals surface area contributed by atoms with Crippen LogP contribution >= 0.6 is 0 Å². The molecule has 0 radical (unpaired) electrons. The first kappa shape index (κ1) is 33.9. The highest BCUT2D eigenvalue weighted by molar-refractivity contribution is 6.72. The van der Waals surface area contributed by atoms with Crippen molar-refractivity contribution in [2.75, 3.05) is 23.0 Å². The molecule has 2 saturated heterocycles. The fourth-order valence-electron chi connectivity index (χ4n) is 7.95. The molecule has 2 amide bonds. The highest BCUT2D eigenvalue weighted by atomic mass is 28.4. The molecule has 1 spiro atoms. The molecule has 4 atom stereocenters. The smallest absolute Gasteiger partial charge is 0.269 e. The average molecular weight is 679 g/mol. The third kappa shape index (κ3) is 6.28. The molecule has 3 aliphatic rings. The van der Waals surface area contributed by atoms with Crippen LogP contribution in [-0.4, -0.2) is 64.5 Å². The second-order valence-corrected chi connectivity index (χ2v) is 17.5. The molecular formula is C34H43FN6O6Si. The molecule has 0 saturated carbocycles. The van der Waals surface area contributed by atoms with Gasteiger partial charge in [0.05, 0.1) is 29.0 Å². The lowest BCUT2D eigenvalue weighted by Crippen LogP contribution is -2.45. The van der Waals surface area contributed by atoms with Gasteiger partial charge in [-0.15, -0.1) is 5.10 Å². The topological polar surface area (TPSA) is 144 Å². The van der Waals surface area contributed by atoms with E-state index in [9.17, 15) is 24.8 Å². The number of rotatable bonds is 10. The minimum absolute atomic E-state index is 0.0565. The zero-order valence-electron chi connectivity index (χ0n) is 27.7. The number of aromatic nitrogens is 3. The quantitative estimate of drug-likeness (QED) is 0.129. The van der Waals surface area contributed by atoms with E-state index < -0.39 is 36.5 Å². The van der Waals surface area contributed by atoms with Crippen LogP contribution in [0.2, 0.25) is 18.6 Å². The minimum atomic E-state index is -3.46. The van der Waals surface area contributed by atoms with Crippen LogP contribution in [-0.2, 0) is 39.4 Å². The van der Waals surface area contributed by atoms with Crippen LogP contribution in [0.25, 0.3) is 0 Å². The van der Waals surface area contributed by atoms with E-state index in [1.165, 1.54) is 12.1 Å². The molecule has 2 fully saturated rings. The van der Waals surface area contributed by atoms with Gasteiger partial charge in [-0.25, -0.2) is 0 Å². The van der Waals surface area contributed by atoms with Crippen LogP contribution in [0.4, 0.5) is 21.2 Å². The molecule has 4 heterocycles. The number of amides is 2. The fraction of sp³-hybridized carbons (Fsp3) is 0.529. The first-order valence-electron chi connectivity index (χ1n) is 16.8. The molecule has 0 aliphatic carbocycles. The summed E-state index contributed by atoms with van der Waals surface area (Å²) in [5.74, 6) is -0.910. The number of anilines is 2. The van der Waals surface area contributed by atoms with Crippen LogP contribution < -0.4 is 9.80 Å². The molecule has 2 aromatic carbocycles. The molecule has 48 heavy (non-hydrogen) atoms. The summed E-state index contributed by atoms with van der Waals surface area (Å²) in [7, 11) is -3.46. The number of fused-ring (bicyclic) bond motifs is 2. The Labute approximate surface area is 280 Å². The summed E-state index contributed by atoms with van der Waals surface area (Å²) < 4.78 is 24.6. The predicted octanol–water partition coefficient (Wildman–Crippen LogP) is 5.43. The molecule has 256 valence electrons. The highest BCUT2D eigenvalue weighted by Crippen LogP contribution is 2.60. The lowest BCUT2D eigenvalue weighted by molar-refractivity contribution is -0.385. The lowest BCUT2D eigenvalue weighted by Gasteiger charge is -2.31. The second kappa shape index (κ2) is 13.5. The van der Waals surface area contributed by atoms with E-state index >= 15 is 4.11 Å². The Balaban J connectivity index is 1.35. The molecule has 1 N–H and O–H groups in total. The zero-order valence-corrected chi connectivity index (χ0v) is 28.7. The number of benzene rings is 2. The number of nitro benzene ring substituents is 1. The van der Waals surface area contributed by atoms with Crippen LogP contribution in [0.15, 0.2) is 48.7 Å². The normalized spacial score (nSPS) is 24.6. The van der Waals surface area contributed by atoms with Crippen LogP contribution in [0, 0.1) is 16.0 Å². The van der Waals surface area contributed by atoms with E-state index in [0.29, 0.717) is 49.3 Å². The number of hydrogen-bond donors (Lipinski definition) is 1. The number of halogens is 1. The lowest BCUT2D eigenvalue weighted by atomic mass is 9.82. The second-order valence-electron chi connectivity index (χ2n) is 13.7. The maximum absolute atomic E-state index is 16.3. The van der Waals surface area contributed by atoms with Crippen molar-refractivity contribution < 1.29 is 28.5 Å². The third-order valence-corrected chi connectivity index (χ3v) is 12.6. The summed E-state index contributed by atoms with van der Waals surface area (Å²) in [6.07, 6.45) is 6.18. The van der Waals surface area contributed by atoms with Gasteiger partial charge in [0.25, 0.3) is 11.6 Å². The Kier molecular flexibility index (Phi) is 9.51. The van der Waals surface area contributed by atoms with Crippen molar-refractivity contribution in [3.8, 4) is 0 Å².